The van der Waals surface area contributed by atoms with Crippen molar-refractivity contribution in [2.24, 2.45) is 0 Å². The van der Waals surface area contributed by atoms with E-state index in [0.717, 1.165) is 17.2 Å². The molecule has 0 saturated carbocycles. The van der Waals surface area contributed by atoms with Crippen LogP contribution in [-0.4, -0.2) is 49.5 Å². The van der Waals surface area contributed by atoms with E-state index in [1.54, 1.807) is 33.8 Å². The Balaban J connectivity index is 2.59. The molecule has 2 amide bonds. The largest absolute Gasteiger partial charge is 0.416 e. The molecule has 39 heavy (non-hydrogen) atoms. The summed E-state index contributed by atoms with van der Waals surface area (Å²) in [5, 5.41) is 2.95. The molecule has 0 aliphatic rings. The Bertz CT molecular complexity index is 1330. The lowest BCUT2D eigenvalue weighted by molar-refractivity contribution is -0.141. The molecule has 0 heterocycles. The zero-order valence-electron chi connectivity index (χ0n) is 21.9. The summed E-state index contributed by atoms with van der Waals surface area (Å²) in [5.74, 6) is -1.35. The smallest absolute Gasteiger partial charge is 0.350 e. The molecular weight excluding hydrogens is 602 g/mol. The Hall–Kier alpha value is -2.21. The fourth-order valence-corrected chi connectivity index (χ4v) is 5.13. The summed E-state index contributed by atoms with van der Waals surface area (Å²) < 4.78 is 66.0. The minimum atomic E-state index is -4.79. The fraction of sp³-hybridized carbons (Fsp3) is 0.440. The van der Waals surface area contributed by atoms with Gasteiger partial charge in [0.15, 0.2) is 0 Å². The zero-order valence-corrected chi connectivity index (χ0v) is 25.0. The SMILES string of the molecule is CC[C@H](C(=O)NC(C)(C)C)N(Cc1ccc(Cl)c(Cl)c1)C(=O)CN(c1cc(C(F)(F)F)ccc1Cl)S(C)(=O)=O. The molecule has 1 atom stereocenters. The molecule has 0 aromatic heterocycles. The van der Waals surface area contributed by atoms with Crippen LogP contribution in [0.15, 0.2) is 36.4 Å². The minimum Gasteiger partial charge on any atom is -0.350 e. The highest BCUT2D eigenvalue weighted by Crippen LogP contribution is 2.36. The molecule has 2 rings (SSSR count). The van der Waals surface area contributed by atoms with Gasteiger partial charge < -0.3 is 10.2 Å². The third-order valence-electron chi connectivity index (χ3n) is 5.44. The molecule has 0 spiro atoms. The molecule has 1 N–H and O–H groups in total. The molecule has 2 aromatic carbocycles. The molecule has 14 heteroatoms. The number of rotatable bonds is 9. The summed E-state index contributed by atoms with van der Waals surface area (Å²) in [5.41, 5.74) is -1.83. The van der Waals surface area contributed by atoms with Gasteiger partial charge in [0, 0.05) is 12.1 Å². The lowest BCUT2D eigenvalue weighted by Crippen LogP contribution is -2.55. The van der Waals surface area contributed by atoms with Crippen molar-refractivity contribution in [2.75, 3.05) is 17.1 Å². The Morgan fingerprint density at radius 2 is 1.56 bits per heavy atom. The van der Waals surface area contributed by atoms with Gasteiger partial charge in [-0.3, -0.25) is 13.9 Å². The van der Waals surface area contributed by atoms with Crippen LogP contribution in [0.4, 0.5) is 18.9 Å². The highest BCUT2D eigenvalue weighted by atomic mass is 35.5. The summed E-state index contributed by atoms with van der Waals surface area (Å²) >= 11 is 18.2. The van der Waals surface area contributed by atoms with Crippen molar-refractivity contribution in [3.05, 3.63) is 62.6 Å². The Morgan fingerprint density at radius 3 is 2.05 bits per heavy atom. The molecule has 0 radical (unpaired) electrons. The van der Waals surface area contributed by atoms with Crippen molar-refractivity contribution in [3.8, 4) is 0 Å². The van der Waals surface area contributed by atoms with Gasteiger partial charge in [-0.2, -0.15) is 13.2 Å². The first-order valence-corrected chi connectivity index (χ1v) is 14.6. The number of hydrogen-bond acceptors (Lipinski definition) is 4. The number of anilines is 1. The number of carbonyl (C=O) groups is 2. The number of carbonyl (C=O) groups excluding carboxylic acids is 2. The number of hydrogen-bond donors (Lipinski definition) is 1. The predicted molar refractivity (Wildman–Crippen MR) is 148 cm³/mol. The number of halogens is 6. The highest BCUT2D eigenvalue weighted by molar-refractivity contribution is 7.92. The van der Waals surface area contributed by atoms with Gasteiger partial charge in [0.05, 0.1) is 32.6 Å². The van der Waals surface area contributed by atoms with Crippen molar-refractivity contribution in [1.82, 2.24) is 10.2 Å². The van der Waals surface area contributed by atoms with E-state index in [2.05, 4.69) is 5.32 Å². The van der Waals surface area contributed by atoms with Crippen LogP contribution in [0.3, 0.4) is 0 Å². The molecule has 0 saturated heterocycles. The quantitative estimate of drug-likeness (QED) is 0.360. The van der Waals surface area contributed by atoms with Crippen LogP contribution in [0.25, 0.3) is 0 Å². The summed E-state index contributed by atoms with van der Waals surface area (Å²) in [7, 11) is -4.30. The van der Waals surface area contributed by atoms with Gasteiger partial charge in [0.25, 0.3) is 0 Å². The van der Waals surface area contributed by atoms with Gasteiger partial charge in [-0.05, 0) is 63.1 Å². The molecule has 216 valence electrons. The Morgan fingerprint density at radius 1 is 0.974 bits per heavy atom. The van der Waals surface area contributed by atoms with Crippen molar-refractivity contribution < 1.29 is 31.2 Å². The maximum absolute atomic E-state index is 13.7. The minimum absolute atomic E-state index is 0.151. The van der Waals surface area contributed by atoms with Crippen molar-refractivity contribution in [2.45, 2.75) is 58.4 Å². The van der Waals surface area contributed by atoms with Gasteiger partial charge in [-0.1, -0.05) is 47.8 Å². The lowest BCUT2D eigenvalue weighted by atomic mass is 10.1. The number of alkyl halides is 3. The zero-order chi connectivity index (χ0) is 29.9. The van der Waals surface area contributed by atoms with Gasteiger partial charge in [0.2, 0.25) is 21.8 Å². The van der Waals surface area contributed by atoms with E-state index in [1.807, 2.05) is 0 Å². The second-order valence-corrected chi connectivity index (χ2v) is 13.0. The Labute approximate surface area is 241 Å². The maximum atomic E-state index is 13.7. The van der Waals surface area contributed by atoms with Crippen LogP contribution in [0, 0.1) is 0 Å². The Kier molecular flexibility index (Phi) is 10.6. The number of nitrogens with zero attached hydrogens (tertiary/aromatic N) is 2. The number of sulfonamides is 1. The molecule has 7 nitrogen and oxygen atoms in total. The standard InChI is InChI=1S/C25H29Cl3F3N3O4S/c1-6-20(23(36)32-24(2,3)4)33(13-15-7-9-17(26)19(28)11-15)22(35)14-34(39(5,37)38)21-12-16(25(29,30)31)8-10-18(21)27/h7-12,20H,6,13-14H2,1-5H3,(H,32,36)/t20-/m1/s1. The highest BCUT2D eigenvalue weighted by Gasteiger charge is 2.36. The van der Waals surface area contributed by atoms with Crippen molar-refractivity contribution in [1.29, 1.82) is 0 Å². The van der Waals surface area contributed by atoms with Crippen LogP contribution >= 0.6 is 34.8 Å². The van der Waals surface area contributed by atoms with E-state index in [9.17, 15) is 31.2 Å². The second-order valence-electron chi connectivity index (χ2n) is 9.87. The topological polar surface area (TPSA) is 86.8 Å². The molecule has 2 aromatic rings. The average Bonchev–Trinajstić information content (AvgIpc) is 2.77. The summed E-state index contributed by atoms with van der Waals surface area (Å²) in [6.07, 6.45) is -3.90. The van der Waals surface area contributed by atoms with E-state index < -0.39 is 57.4 Å². The first-order chi connectivity index (χ1) is 17.7. The van der Waals surface area contributed by atoms with E-state index in [4.69, 9.17) is 34.8 Å². The van der Waals surface area contributed by atoms with Crippen molar-refractivity contribution >= 4 is 62.3 Å². The molecule has 0 aliphatic heterocycles. The third-order valence-corrected chi connectivity index (χ3v) is 7.63. The van der Waals surface area contributed by atoms with E-state index in [0.29, 0.717) is 22.0 Å². The average molecular weight is 631 g/mol. The van der Waals surface area contributed by atoms with E-state index in [-0.39, 0.29) is 28.0 Å². The van der Waals surface area contributed by atoms with Gasteiger partial charge >= 0.3 is 6.18 Å². The summed E-state index contributed by atoms with van der Waals surface area (Å²) in [4.78, 5) is 28.0. The normalized spacial score (nSPS) is 13.1. The maximum Gasteiger partial charge on any atom is 0.416 e. The monoisotopic (exact) mass is 629 g/mol. The molecule has 0 bridgehead atoms. The summed E-state index contributed by atoms with van der Waals surface area (Å²) in [6, 6.07) is 5.70. The molecule has 0 unspecified atom stereocenters. The van der Waals surface area contributed by atoms with Crippen molar-refractivity contribution in [3.63, 3.8) is 0 Å². The van der Waals surface area contributed by atoms with E-state index >= 15 is 0 Å². The van der Waals surface area contributed by atoms with Gasteiger partial charge in [0.1, 0.15) is 12.6 Å². The lowest BCUT2D eigenvalue weighted by Gasteiger charge is -2.34. The third kappa shape index (κ3) is 9.16. The van der Waals surface area contributed by atoms with Gasteiger partial charge in [-0.25, -0.2) is 8.42 Å². The number of nitrogens with one attached hydrogen (secondary N) is 1. The first kappa shape index (κ1) is 33.0. The van der Waals surface area contributed by atoms with Gasteiger partial charge in [-0.15, -0.1) is 0 Å². The molecule has 0 aliphatic carbocycles. The van der Waals surface area contributed by atoms with Crippen LogP contribution in [0.5, 0.6) is 0 Å². The van der Waals surface area contributed by atoms with Crippen LogP contribution in [0.1, 0.15) is 45.2 Å². The number of benzene rings is 2. The molecular formula is C25H29Cl3F3N3O4S. The van der Waals surface area contributed by atoms with Crippen LogP contribution in [-0.2, 0) is 32.3 Å². The summed E-state index contributed by atoms with van der Waals surface area (Å²) in [6.45, 7) is 5.84. The van der Waals surface area contributed by atoms with E-state index in [1.165, 1.54) is 12.1 Å². The first-order valence-electron chi connectivity index (χ1n) is 11.6. The van der Waals surface area contributed by atoms with Crippen LogP contribution < -0.4 is 9.62 Å². The number of amides is 2. The predicted octanol–water partition coefficient (Wildman–Crippen LogP) is 6.15. The second kappa shape index (κ2) is 12.5. The fourth-order valence-electron chi connectivity index (χ4n) is 3.68. The van der Waals surface area contributed by atoms with Crippen LogP contribution in [0.2, 0.25) is 15.1 Å². The molecule has 0 fully saturated rings.